The molecule has 1 rings (SSSR count). The molecule has 0 aromatic rings. The van der Waals surface area contributed by atoms with Gasteiger partial charge < -0.3 is 0 Å². The summed E-state index contributed by atoms with van der Waals surface area (Å²) in [6.07, 6.45) is 35.0. The van der Waals surface area contributed by atoms with Crippen molar-refractivity contribution >= 4 is 0 Å². The van der Waals surface area contributed by atoms with E-state index in [0.29, 0.717) is 0 Å². The summed E-state index contributed by atoms with van der Waals surface area (Å²) >= 11 is 0. The molecule has 0 bridgehead atoms. The molecule has 0 N–H and O–H groups in total. The summed E-state index contributed by atoms with van der Waals surface area (Å²) in [6, 6.07) is 0. The quantitative estimate of drug-likeness (QED) is 0.423. The standard InChI is InChI=1S/C22H40/c1-2-4-6-8-10-12-14-16-18-20-22-21-19-17-15-13-11-9-7-5-3-1/h1-4H,5-22H2/b3-1-,4-2-. The Morgan fingerprint density at radius 2 is 0.500 bits per heavy atom. The van der Waals surface area contributed by atoms with Crippen LogP contribution in [-0.2, 0) is 0 Å². The molecule has 0 saturated carbocycles. The van der Waals surface area contributed by atoms with Crippen molar-refractivity contribution in [3.8, 4) is 0 Å². The van der Waals surface area contributed by atoms with Crippen LogP contribution < -0.4 is 0 Å². The SMILES string of the molecule is C1=C\CCCCCCCCCCCCCCCCCC\C=C/1. The third kappa shape index (κ3) is 14.4. The normalized spacial score (nSPS) is 25.5. The zero-order valence-electron chi connectivity index (χ0n) is 15.0. The summed E-state index contributed by atoms with van der Waals surface area (Å²) < 4.78 is 0. The number of hydrogen-bond acceptors (Lipinski definition) is 0. The lowest BCUT2D eigenvalue weighted by Gasteiger charge is -2.03. The molecule has 0 radical (unpaired) electrons. The van der Waals surface area contributed by atoms with Gasteiger partial charge in [0.15, 0.2) is 0 Å². The maximum atomic E-state index is 2.35. The van der Waals surface area contributed by atoms with Crippen LogP contribution in [0.15, 0.2) is 24.3 Å². The molecule has 0 aliphatic heterocycles. The van der Waals surface area contributed by atoms with Gasteiger partial charge in [-0.1, -0.05) is 114 Å². The van der Waals surface area contributed by atoms with E-state index in [-0.39, 0.29) is 0 Å². The first kappa shape index (κ1) is 19.5. The lowest BCUT2D eigenvalue weighted by Crippen LogP contribution is -1.84. The number of hydrogen-bond donors (Lipinski definition) is 0. The molecule has 1 aliphatic carbocycles. The molecule has 128 valence electrons. The zero-order chi connectivity index (χ0) is 15.6. The highest BCUT2D eigenvalue weighted by Gasteiger charge is 1.94. The number of rotatable bonds is 0. The molecular formula is C22H40. The van der Waals surface area contributed by atoms with Gasteiger partial charge in [-0.2, -0.15) is 0 Å². The van der Waals surface area contributed by atoms with Crippen LogP contribution in [0.5, 0.6) is 0 Å². The first-order valence-electron chi connectivity index (χ1n) is 10.3. The van der Waals surface area contributed by atoms with Crippen LogP contribution in [0.1, 0.15) is 116 Å². The molecule has 0 nitrogen and oxygen atoms in total. The van der Waals surface area contributed by atoms with Gasteiger partial charge in [-0.15, -0.1) is 0 Å². The van der Waals surface area contributed by atoms with Crippen molar-refractivity contribution in [2.75, 3.05) is 0 Å². The average molecular weight is 305 g/mol. The van der Waals surface area contributed by atoms with E-state index in [4.69, 9.17) is 0 Å². The van der Waals surface area contributed by atoms with Crippen LogP contribution in [-0.4, -0.2) is 0 Å². The minimum absolute atomic E-state index is 1.27. The fourth-order valence-electron chi connectivity index (χ4n) is 3.35. The Hall–Kier alpha value is -0.520. The van der Waals surface area contributed by atoms with Gasteiger partial charge in [0.05, 0.1) is 0 Å². The molecule has 0 atom stereocenters. The maximum absolute atomic E-state index is 2.35. The largest absolute Gasteiger partial charge is 0.0845 e. The summed E-state index contributed by atoms with van der Waals surface area (Å²) in [5.74, 6) is 0. The Bertz CT molecular complexity index is 233. The molecule has 0 aromatic heterocycles. The van der Waals surface area contributed by atoms with Gasteiger partial charge in [0.1, 0.15) is 0 Å². The van der Waals surface area contributed by atoms with Crippen molar-refractivity contribution in [3.05, 3.63) is 24.3 Å². The Kier molecular flexibility index (Phi) is 15.0. The Labute approximate surface area is 140 Å². The monoisotopic (exact) mass is 304 g/mol. The van der Waals surface area contributed by atoms with Gasteiger partial charge in [-0.3, -0.25) is 0 Å². The predicted octanol–water partition coefficient (Wildman–Crippen LogP) is 8.13. The smallest absolute Gasteiger partial charge is 0.0348 e. The van der Waals surface area contributed by atoms with E-state index in [2.05, 4.69) is 24.3 Å². The lowest BCUT2D eigenvalue weighted by atomic mass is 10.0. The summed E-state index contributed by atoms with van der Waals surface area (Å²) in [6.45, 7) is 0. The fraction of sp³-hybridized carbons (Fsp3) is 0.818. The molecule has 22 heavy (non-hydrogen) atoms. The van der Waals surface area contributed by atoms with Gasteiger partial charge in [-0.05, 0) is 25.7 Å². The van der Waals surface area contributed by atoms with E-state index in [1.807, 2.05) is 0 Å². The zero-order valence-corrected chi connectivity index (χ0v) is 15.0. The van der Waals surface area contributed by atoms with Crippen LogP contribution in [0.25, 0.3) is 0 Å². The van der Waals surface area contributed by atoms with Crippen molar-refractivity contribution in [3.63, 3.8) is 0 Å². The summed E-state index contributed by atoms with van der Waals surface area (Å²) in [4.78, 5) is 0. The third-order valence-electron chi connectivity index (χ3n) is 4.87. The molecular weight excluding hydrogens is 264 g/mol. The second-order valence-corrected chi connectivity index (χ2v) is 7.09. The molecule has 0 amide bonds. The van der Waals surface area contributed by atoms with E-state index >= 15 is 0 Å². The Morgan fingerprint density at radius 1 is 0.273 bits per heavy atom. The maximum Gasteiger partial charge on any atom is -0.0348 e. The van der Waals surface area contributed by atoms with Crippen molar-refractivity contribution < 1.29 is 0 Å². The topological polar surface area (TPSA) is 0 Å². The highest BCUT2D eigenvalue weighted by molar-refractivity contribution is 5.02. The predicted molar refractivity (Wildman–Crippen MR) is 101 cm³/mol. The van der Waals surface area contributed by atoms with Crippen molar-refractivity contribution in [2.24, 2.45) is 0 Å². The molecule has 1 aliphatic rings. The average Bonchev–Trinajstić information content (AvgIpc) is 2.53. The molecule has 0 aromatic carbocycles. The van der Waals surface area contributed by atoms with Gasteiger partial charge in [-0.25, -0.2) is 0 Å². The molecule has 0 spiro atoms. The minimum Gasteiger partial charge on any atom is -0.0845 e. The molecule has 0 heterocycles. The van der Waals surface area contributed by atoms with Gasteiger partial charge in [0.2, 0.25) is 0 Å². The molecule has 0 heteroatoms. The van der Waals surface area contributed by atoms with Crippen molar-refractivity contribution in [2.45, 2.75) is 116 Å². The molecule has 0 unspecified atom stereocenters. The highest BCUT2D eigenvalue weighted by Crippen LogP contribution is 2.14. The first-order chi connectivity index (χ1) is 11.0. The van der Waals surface area contributed by atoms with Crippen LogP contribution in [0.4, 0.5) is 0 Å². The second kappa shape index (κ2) is 16.8. The van der Waals surface area contributed by atoms with Crippen LogP contribution in [0.3, 0.4) is 0 Å². The summed E-state index contributed by atoms with van der Waals surface area (Å²) in [5.41, 5.74) is 0. The summed E-state index contributed by atoms with van der Waals surface area (Å²) in [5, 5.41) is 0. The van der Waals surface area contributed by atoms with E-state index < -0.39 is 0 Å². The minimum atomic E-state index is 1.27. The molecule has 0 fully saturated rings. The second-order valence-electron chi connectivity index (χ2n) is 7.09. The van der Waals surface area contributed by atoms with Crippen LogP contribution in [0.2, 0.25) is 0 Å². The van der Waals surface area contributed by atoms with E-state index in [0.717, 1.165) is 0 Å². The molecule has 0 saturated heterocycles. The Morgan fingerprint density at radius 3 is 0.773 bits per heavy atom. The third-order valence-corrected chi connectivity index (χ3v) is 4.87. The van der Waals surface area contributed by atoms with Crippen LogP contribution in [0, 0.1) is 0 Å². The van der Waals surface area contributed by atoms with E-state index in [1.54, 1.807) is 0 Å². The van der Waals surface area contributed by atoms with Gasteiger partial charge >= 0.3 is 0 Å². The van der Waals surface area contributed by atoms with Crippen LogP contribution >= 0.6 is 0 Å². The summed E-state index contributed by atoms with van der Waals surface area (Å²) in [7, 11) is 0. The van der Waals surface area contributed by atoms with E-state index in [1.165, 1.54) is 116 Å². The number of allylic oxidation sites excluding steroid dienone is 4. The van der Waals surface area contributed by atoms with Gasteiger partial charge in [0, 0.05) is 0 Å². The lowest BCUT2D eigenvalue weighted by molar-refractivity contribution is 0.528. The highest BCUT2D eigenvalue weighted by atomic mass is 14.0. The van der Waals surface area contributed by atoms with Crippen molar-refractivity contribution in [1.82, 2.24) is 0 Å². The fourth-order valence-corrected chi connectivity index (χ4v) is 3.35. The van der Waals surface area contributed by atoms with Gasteiger partial charge in [0.25, 0.3) is 0 Å². The Balaban J connectivity index is 2.10. The van der Waals surface area contributed by atoms with E-state index in [9.17, 15) is 0 Å². The van der Waals surface area contributed by atoms with Crippen molar-refractivity contribution in [1.29, 1.82) is 0 Å². The first-order valence-corrected chi connectivity index (χ1v) is 10.3.